The molecule has 0 fully saturated rings. The summed E-state index contributed by atoms with van der Waals surface area (Å²) in [6, 6.07) is 0. The Morgan fingerprint density at radius 2 is 1.90 bits per heavy atom. The van der Waals surface area contributed by atoms with Crippen LogP contribution in [0.3, 0.4) is 0 Å². The number of alkyl halides is 3. The van der Waals surface area contributed by atoms with Crippen molar-refractivity contribution < 1.29 is 27.8 Å². The van der Waals surface area contributed by atoms with E-state index in [1.165, 1.54) is 29.1 Å². The third kappa shape index (κ3) is 5.53. The van der Waals surface area contributed by atoms with Crippen LogP contribution in [-0.2, 0) is 22.6 Å². The fourth-order valence-corrected chi connectivity index (χ4v) is 4.85. The predicted octanol–water partition coefficient (Wildman–Crippen LogP) is 2.18. The lowest BCUT2D eigenvalue weighted by atomic mass is 10.1. The van der Waals surface area contributed by atoms with Crippen molar-refractivity contribution in [3.8, 4) is 0 Å². The van der Waals surface area contributed by atoms with Crippen LogP contribution >= 0.6 is 0 Å². The highest BCUT2D eigenvalue weighted by atomic mass is 19.4. The van der Waals surface area contributed by atoms with Gasteiger partial charge >= 0.3 is 17.8 Å². The van der Waals surface area contributed by atoms with Gasteiger partial charge in [0.1, 0.15) is 0 Å². The summed E-state index contributed by atoms with van der Waals surface area (Å²) in [7, 11) is 0. The van der Waals surface area contributed by atoms with Crippen molar-refractivity contribution >= 4 is 23.1 Å². The molecule has 2 N–H and O–H groups in total. The number of halogens is 3. The lowest BCUT2D eigenvalue weighted by Gasteiger charge is -2.26. The first-order chi connectivity index (χ1) is 18.1. The number of esters is 1. The normalized spacial score (nSPS) is 16.7. The van der Waals surface area contributed by atoms with Crippen molar-refractivity contribution in [2.24, 2.45) is 0 Å². The molecule has 0 spiro atoms. The lowest BCUT2D eigenvalue weighted by molar-refractivity contribution is -0.206. The van der Waals surface area contributed by atoms with Gasteiger partial charge in [0.05, 0.1) is 5.60 Å². The van der Waals surface area contributed by atoms with Gasteiger partial charge in [0.2, 0.25) is 12.2 Å². The van der Waals surface area contributed by atoms with Crippen molar-refractivity contribution in [3.63, 3.8) is 0 Å². The summed E-state index contributed by atoms with van der Waals surface area (Å²) in [4.78, 5) is 45.7. The third-order valence-electron chi connectivity index (χ3n) is 6.74. The van der Waals surface area contributed by atoms with Gasteiger partial charge in [-0.3, -0.25) is 18.5 Å². The number of ether oxygens (including phenoxy) is 1. The molecule has 4 rings (SSSR count). The zero-order valence-corrected chi connectivity index (χ0v) is 22.6. The molecule has 4 heterocycles. The van der Waals surface area contributed by atoms with Crippen LogP contribution in [0.1, 0.15) is 53.7 Å². The van der Waals surface area contributed by atoms with Crippen LogP contribution in [0.5, 0.6) is 0 Å². The molecule has 14 heteroatoms. The second-order valence-corrected chi connectivity index (χ2v) is 10.6. The van der Waals surface area contributed by atoms with E-state index in [0.29, 0.717) is 31.6 Å². The summed E-state index contributed by atoms with van der Waals surface area (Å²) in [5.74, 6) is -2.33. The van der Waals surface area contributed by atoms with Crippen molar-refractivity contribution in [1.29, 1.82) is 0 Å². The van der Waals surface area contributed by atoms with Gasteiger partial charge in [-0.15, -0.1) is 0 Å². The molecule has 1 unspecified atom stereocenters. The van der Waals surface area contributed by atoms with E-state index in [1.807, 2.05) is 0 Å². The molecule has 214 valence electrons. The Labute approximate surface area is 222 Å². The molecule has 0 amide bonds. The highest BCUT2D eigenvalue weighted by molar-refractivity contribution is 5.78. The number of imidazole rings is 1. The summed E-state index contributed by atoms with van der Waals surface area (Å²) in [6.45, 7) is 9.55. The number of rotatable bonds is 8. The number of anilines is 1. The maximum Gasteiger partial charge on any atom is 0.491 e. The average molecular weight is 555 g/mol. The Hall–Kier alpha value is -3.39. The van der Waals surface area contributed by atoms with E-state index in [9.17, 15) is 32.7 Å². The first-order valence-electron chi connectivity index (χ1n) is 12.7. The van der Waals surface area contributed by atoms with E-state index in [-0.39, 0.29) is 36.6 Å². The minimum atomic E-state index is -5.28. The number of nitrogens with one attached hydrogen (secondary N) is 1. The van der Waals surface area contributed by atoms with E-state index in [1.54, 1.807) is 25.7 Å². The standard InChI is InChI=1S/C25H33F3N6O5/c1-6-31-19-18(20(35)33(23(31)37)10-8-24(4,5)38)34(17(11-14(2)3)39-21(36)25(26,27)28)22(30-19)32-9-7-15-12-29-13-16(15)32/h11,17,29,38H,6-10,12-13H2,1-5H3. The summed E-state index contributed by atoms with van der Waals surface area (Å²) < 4.78 is 48.3. The van der Waals surface area contributed by atoms with Gasteiger partial charge in [0.25, 0.3) is 5.56 Å². The maximum absolute atomic E-state index is 13.9. The van der Waals surface area contributed by atoms with Gasteiger partial charge in [0, 0.05) is 38.4 Å². The van der Waals surface area contributed by atoms with Crippen molar-refractivity contribution in [1.82, 2.24) is 24.0 Å². The Kier molecular flexibility index (Phi) is 7.56. The number of carbonyl (C=O) groups is 1. The number of allylic oxidation sites excluding steroid dienone is 1. The van der Waals surface area contributed by atoms with Crippen LogP contribution in [0.25, 0.3) is 11.2 Å². The second kappa shape index (κ2) is 10.3. The molecule has 2 aromatic rings. The molecule has 1 atom stereocenters. The van der Waals surface area contributed by atoms with Crippen LogP contribution in [0.2, 0.25) is 0 Å². The molecule has 0 bridgehead atoms. The zero-order valence-electron chi connectivity index (χ0n) is 22.6. The predicted molar refractivity (Wildman–Crippen MR) is 137 cm³/mol. The largest absolute Gasteiger partial charge is 0.491 e. The Bertz CT molecular complexity index is 1470. The monoisotopic (exact) mass is 554 g/mol. The van der Waals surface area contributed by atoms with Crippen molar-refractivity contribution in [2.45, 2.75) is 78.6 Å². The summed E-state index contributed by atoms with van der Waals surface area (Å²) in [6.07, 6.45) is -4.91. The molecule has 2 aliphatic heterocycles. The Balaban J connectivity index is 2.06. The molecular formula is C25H33F3N6O5. The molecule has 0 saturated heterocycles. The Morgan fingerprint density at radius 3 is 2.49 bits per heavy atom. The highest BCUT2D eigenvalue weighted by Crippen LogP contribution is 2.35. The van der Waals surface area contributed by atoms with E-state index in [2.05, 4.69) is 10.3 Å². The lowest BCUT2D eigenvalue weighted by Crippen LogP contribution is -2.42. The van der Waals surface area contributed by atoms with Crippen molar-refractivity contribution in [2.75, 3.05) is 24.5 Å². The smallest absolute Gasteiger partial charge is 0.431 e. The number of nitrogens with zero attached hydrogens (tertiary/aromatic N) is 5. The zero-order chi connectivity index (χ0) is 28.9. The van der Waals surface area contributed by atoms with Crippen LogP contribution < -0.4 is 21.5 Å². The van der Waals surface area contributed by atoms with Gasteiger partial charge in [-0.05, 0) is 59.1 Å². The number of hydrogen-bond acceptors (Lipinski definition) is 8. The van der Waals surface area contributed by atoms with Gasteiger partial charge in [-0.2, -0.15) is 18.2 Å². The molecule has 0 saturated carbocycles. The van der Waals surface area contributed by atoms with E-state index in [0.717, 1.165) is 15.8 Å². The molecule has 2 aliphatic rings. The quantitative estimate of drug-likeness (QED) is 0.376. The second-order valence-electron chi connectivity index (χ2n) is 10.6. The number of carbonyl (C=O) groups excluding carboxylic acids is 1. The summed E-state index contributed by atoms with van der Waals surface area (Å²) in [5, 5.41) is 13.5. The topological polar surface area (TPSA) is 124 Å². The molecule has 0 aromatic carbocycles. The molecule has 11 nitrogen and oxygen atoms in total. The van der Waals surface area contributed by atoms with Crippen molar-refractivity contribution in [3.05, 3.63) is 43.8 Å². The molecule has 0 aliphatic carbocycles. The average Bonchev–Trinajstić information content (AvgIpc) is 3.51. The number of aromatic nitrogens is 4. The molecule has 2 aromatic heterocycles. The molecule has 39 heavy (non-hydrogen) atoms. The van der Waals surface area contributed by atoms with Gasteiger partial charge in [0.15, 0.2) is 11.2 Å². The van der Waals surface area contributed by atoms with Crippen LogP contribution in [0, 0.1) is 0 Å². The van der Waals surface area contributed by atoms with Crippen LogP contribution in [-0.4, -0.2) is 61.2 Å². The number of hydrogen-bond donors (Lipinski definition) is 2. The van der Waals surface area contributed by atoms with Gasteiger partial charge < -0.3 is 20.1 Å². The number of aryl methyl sites for hydroxylation is 1. The Morgan fingerprint density at radius 1 is 1.21 bits per heavy atom. The fourth-order valence-electron chi connectivity index (χ4n) is 4.85. The SMILES string of the molecule is CCn1c(=O)n(CCC(C)(C)O)c(=O)c2c1nc(N1CCC3=C1CNC3)n2C(C=C(C)C)OC(=O)C(F)(F)F. The minimum Gasteiger partial charge on any atom is -0.431 e. The first kappa shape index (κ1) is 28.6. The fraction of sp³-hybridized carbons (Fsp3) is 0.600. The number of aliphatic hydroxyl groups is 1. The van der Waals surface area contributed by atoms with Crippen LogP contribution in [0.4, 0.5) is 19.1 Å². The van der Waals surface area contributed by atoms with E-state index in [4.69, 9.17) is 4.74 Å². The van der Waals surface area contributed by atoms with Gasteiger partial charge in [-0.1, -0.05) is 5.57 Å². The molecular weight excluding hydrogens is 521 g/mol. The van der Waals surface area contributed by atoms with Gasteiger partial charge in [-0.25, -0.2) is 9.59 Å². The third-order valence-corrected chi connectivity index (χ3v) is 6.74. The van der Waals surface area contributed by atoms with Crippen LogP contribution in [0.15, 0.2) is 32.5 Å². The summed E-state index contributed by atoms with van der Waals surface area (Å²) >= 11 is 0. The summed E-state index contributed by atoms with van der Waals surface area (Å²) in [5.41, 5.74) is -0.368. The maximum atomic E-state index is 13.9. The first-order valence-corrected chi connectivity index (χ1v) is 12.7. The molecule has 0 radical (unpaired) electrons. The highest BCUT2D eigenvalue weighted by Gasteiger charge is 2.43. The van der Waals surface area contributed by atoms with E-state index < -0.39 is 35.2 Å². The minimum absolute atomic E-state index is 0.0303. The van der Waals surface area contributed by atoms with E-state index >= 15 is 0 Å². The number of fused-ring (bicyclic) bond motifs is 1.